The summed E-state index contributed by atoms with van der Waals surface area (Å²) < 4.78 is 0. The van der Waals surface area contributed by atoms with Crippen LogP contribution in [0.2, 0.25) is 0 Å². The molecule has 5 heteroatoms. The lowest BCUT2D eigenvalue weighted by atomic mass is 10.2. The number of hydrogen-bond donors (Lipinski definition) is 2. The number of nitrogens with zero attached hydrogens (tertiary/aromatic N) is 2. The Balaban J connectivity index is 1.98. The fourth-order valence-electron chi connectivity index (χ4n) is 1.79. The van der Waals surface area contributed by atoms with Gasteiger partial charge in [-0.05, 0) is 31.2 Å². The summed E-state index contributed by atoms with van der Waals surface area (Å²) in [6.07, 6.45) is 5.08. The van der Waals surface area contributed by atoms with Crippen LogP contribution in [0.5, 0.6) is 0 Å². The molecule has 0 aliphatic rings. The number of anilines is 2. The third-order valence-electron chi connectivity index (χ3n) is 3.09. The molecule has 1 amide bonds. The lowest BCUT2D eigenvalue weighted by molar-refractivity contribution is -0.118. The number of amides is 1. The van der Waals surface area contributed by atoms with E-state index in [0.717, 1.165) is 17.1 Å². The van der Waals surface area contributed by atoms with Gasteiger partial charge in [0.2, 0.25) is 5.91 Å². The molecule has 2 aromatic rings. The number of nitrogens with one attached hydrogen (secondary N) is 2. The molecular weight excluding hydrogens is 264 g/mol. The first-order valence-electron chi connectivity index (χ1n) is 6.99. The third-order valence-corrected chi connectivity index (χ3v) is 3.09. The topological polar surface area (TPSA) is 66.9 Å². The fourth-order valence-corrected chi connectivity index (χ4v) is 1.79. The van der Waals surface area contributed by atoms with Crippen molar-refractivity contribution >= 4 is 17.3 Å². The lowest BCUT2D eigenvalue weighted by Crippen LogP contribution is -2.17. The monoisotopic (exact) mass is 284 g/mol. The molecule has 0 spiro atoms. The second-order valence-corrected chi connectivity index (χ2v) is 5.22. The Morgan fingerprint density at radius 1 is 1.05 bits per heavy atom. The molecule has 1 aromatic heterocycles. The van der Waals surface area contributed by atoms with E-state index in [2.05, 4.69) is 20.6 Å². The molecule has 2 rings (SSSR count). The van der Waals surface area contributed by atoms with Crippen LogP contribution in [0.4, 0.5) is 11.4 Å². The minimum absolute atomic E-state index is 0.0173. The van der Waals surface area contributed by atoms with E-state index >= 15 is 0 Å². The minimum Gasteiger partial charge on any atom is -0.377 e. The molecule has 0 saturated carbocycles. The Hall–Kier alpha value is -2.43. The zero-order valence-corrected chi connectivity index (χ0v) is 12.5. The van der Waals surface area contributed by atoms with Crippen molar-refractivity contribution in [2.75, 3.05) is 10.6 Å². The van der Waals surface area contributed by atoms with Crippen molar-refractivity contribution in [2.45, 2.75) is 26.8 Å². The van der Waals surface area contributed by atoms with Crippen LogP contribution in [0.1, 0.15) is 32.5 Å². The summed E-state index contributed by atoms with van der Waals surface area (Å²) in [5.74, 6) is -0.0110. The van der Waals surface area contributed by atoms with Gasteiger partial charge in [0.15, 0.2) is 0 Å². The van der Waals surface area contributed by atoms with E-state index in [0.29, 0.717) is 0 Å². The first-order chi connectivity index (χ1) is 10.1. The van der Waals surface area contributed by atoms with Crippen LogP contribution in [-0.4, -0.2) is 15.9 Å². The number of rotatable bonds is 5. The zero-order valence-electron chi connectivity index (χ0n) is 12.5. The summed E-state index contributed by atoms with van der Waals surface area (Å²) in [4.78, 5) is 19.9. The highest BCUT2D eigenvalue weighted by molar-refractivity contribution is 5.92. The number of carbonyl (C=O) groups is 1. The molecule has 2 N–H and O–H groups in total. The van der Waals surface area contributed by atoms with Gasteiger partial charge in [-0.3, -0.25) is 14.8 Å². The first kappa shape index (κ1) is 15.0. The molecule has 1 atom stereocenters. The maximum absolute atomic E-state index is 11.6. The predicted octanol–water partition coefficient (Wildman–Crippen LogP) is 3.24. The van der Waals surface area contributed by atoms with E-state index in [1.807, 2.05) is 45.0 Å². The Morgan fingerprint density at radius 2 is 1.71 bits per heavy atom. The van der Waals surface area contributed by atoms with Gasteiger partial charge in [-0.15, -0.1) is 0 Å². The van der Waals surface area contributed by atoms with Gasteiger partial charge < -0.3 is 10.6 Å². The van der Waals surface area contributed by atoms with Gasteiger partial charge >= 0.3 is 0 Å². The average Bonchev–Trinajstić information content (AvgIpc) is 2.50. The first-order valence-corrected chi connectivity index (χ1v) is 6.99. The summed E-state index contributed by atoms with van der Waals surface area (Å²) in [7, 11) is 0. The molecular formula is C16H20N4O. The molecule has 0 fully saturated rings. The van der Waals surface area contributed by atoms with Crippen LogP contribution < -0.4 is 10.6 Å². The molecule has 0 aliphatic carbocycles. The standard InChI is InChI=1S/C16H20N4O/c1-11(2)16(21)20-14-6-4-13(5-7-14)19-12(3)15-10-17-8-9-18-15/h4-12,19H,1-3H3,(H,20,21). The van der Waals surface area contributed by atoms with E-state index in [1.54, 1.807) is 18.6 Å². The quantitative estimate of drug-likeness (QED) is 0.884. The van der Waals surface area contributed by atoms with Crippen LogP contribution in [0, 0.1) is 5.92 Å². The zero-order chi connectivity index (χ0) is 15.2. The third kappa shape index (κ3) is 4.27. The molecule has 0 radical (unpaired) electrons. The Kier molecular flexibility index (Phi) is 4.87. The minimum atomic E-state index is -0.0283. The Morgan fingerprint density at radius 3 is 2.29 bits per heavy atom. The van der Waals surface area contributed by atoms with E-state index < -0.39 is 0 Å². The smallest absolute Gasteiger partial charge is 0.226 e. The molecule has 21 heavy (non-hydrogen) atoms. The van der Waals surface area contributed by atoms with E-state index in [1.165, 1.54) is 0 Å². The molecule has 0 aliphatic heterocycles. The van der Waals surface area contributed by atoms with Gasteiger partial charge in [-0.2, -0.15) is 0 Å². The van der Waals surface area contributed by atoms with Crippen molar-refractivity contribution in [3.05, 3.63) is 48.5 Å². The highest BCUT2D eigenvalue weighted by Crippen LogP contribution is 2.19. The van der Waals surface area contributed by atoms with E-state index in [9.17, 15) is 4.79 Å². The predicted molar refractivity (Wildman–Crippen MR) is 84.0 cm³/mol. The van der Waals surface area contributed by atoms with Crippen molar-refractivity contribution in [3.8, 4) is 0 Å². The summed E-state index contributed by atoms with van der Waals surface area (Å²) in [6, 6.07) is 7.69. The van der Waals surface area contributed by atoms with Gasteiger partial charge in [0.1, 0.15) is 0 Å². The summed E-state index contributed by atoms with van der Waals surface area (Å²) in [5.41, 5.74) is 2.65. The molecule has 0 saturated heterocycles. The largest absolute Gasteiger partial charge is 0.377 e. The van der Waals surface area contributed by atoms with Crippen molar-refractivity contribution in [3.63, 3.8) is 0 Å². The van der Waals surface area contributed by atoms with Gasteiger partial charge in [-0.1, -0.05) is 13.8 Å². The maximum Gasteiger partial charge on any atom is 0.226 e. The number of benzene rings is 1. The van der Waals surface area contributed by atoms with Crippen molar-refractivity contribution in [1.29, 1.82) is 0 Å². The highest BCUT2D eigenvalue weighted by atomic mass is 16.1. The average molecular weight is 284 g/mol. The van der Waals surface area contributed by atoms with Crippen LogP contribution >= 0.6 is 0 Å². The summed E-state index contributed by atoms with van der Waals surface area (Å²) in [5, 5.41) is 6.21. The van der Waals surface area contributed by atoms with Crippen molar-refractivity contribution in [1.82, 2.24) is 9.97 Å². The summed E-state index contributed by atoms with van der Waals surface area (Å²) >= 11 is 0. The number of hydrogen-bond acceptors (Lipinski definition) is 4. The normalized spacial score (nSPS) is 12.0. The van der Waals surface area contributed by atoms with Gasteiger partial charge in [0, 0.05) is 29.7 Å². The highest BCUT2D eigenvalue weighted by Gasteiger charge is 2.08. The van der Waals surface area contributed by atoms with Gasteiger partial charge in [0.05, 0.1) is 17.9 Å². The van der Waals surface area contributed by atoms with Crippen LogP contribution in [0.3, 0.4) is 0 Å². The van der Waals surface area contributed by atoms with Crippen molar-refractivity contribution in [2.24, 2.45) is 5.92 Å². The molecule has 110 valence electrons. The van der Waals surface area contributed by atoms with Crippen LogP contribution in [0.15, 0.2) is 42.9 Å². The lowest BCUT2D eigenvalue weighted by Gasteiger charge is -2.15. The molecule has 1 heterocycles. The van der Waals surface area contributed by atoms with Crippen LogP contribution in [0.25, 0.3) is 0 Å². The maximum atomic E-state index is 11.6. The van der Waals surface area contributed by atoms with E-state index in [4.69, 9.17) is 0 Å². The van der Waals surface area contributed by atoms with Crippen molar-refractivity contribution < 1.29 is 4.79 Å². The van der Waals surface area contributed by atoms with E-state index in [-0.39, 0.29) is 17.9 Å². The Labute approximate surface area is 124 Å². The fraction of sp³-hybridized carbons (Fsp3) is 0.312. The SMILES string of the molecule is CC(C)C(=O)Nc1ccc(NC(C)c2cnccn2)cc1. The summed E-state index contributed by atoms with van der Waals surface area (Å²) in [6.45, 7) is 5.76. The number of carbonyl (C=O) groups excluding carboxylic acids is 1. The molecule has 0 bridgehead atoms. The Bertz CT molecular complexity index is 581. The molecule has 5 nitrogen and oxygen atoms in total. The molecule has 1 aromatic carbocycles. The van der Waals surface area contributed by atoms with Crippen LogP contribution in [-0.2, 0) is 4.79 Å². The van der Waals surface area contributed by atoms with Gasteiger partial charge in [0.25, 0.3) is 0 Å². The van der Waals surface area contributed by atoms with Gasteiger partial charge in [-0.25, -0.2) is 0 Å². The second-order valence-electron chi connectivity index (χ2n) is 5.22. The second kappa shape index (κ2) is 6.83. The molecule has 1 unspecified atom stereocenters. The number of aromatic nitrogens is 2.